The first-order valence-corrected chi connectivity index (χ1v) is 5.36. The lowest BCUT2D eigenvalue weighted by molar-refractivity contribution is -0.0997. The SMILES string of the molecule is CCCCCOC[C@H](O)[C@@H](O)[C@H](O)CO. The fourth-order valence-corrected chi connectivity index (χ4v) is 1.12. The van der Waals surface area contributed by atoms with Crippen molar-refractivity contribution in [2.45, 2.75) is 44.5 Å². The van der Waals surface area contributed by atoms with Gasteiger partial charge in [0.15, 0.2) is 0 Å². The quantitative estimate of drug-likeness (QED) is 0.386. The number of hydrogen-bond acceptors (Lipinski definition) is 5. The first-order chi connectivity index (χ1) is 7.13. The standard InChI is InChI=1S/C10H22O5/c1-2-3-4-5-15-7-9(13)10(14)8(12)6-11/h8-14H,2-7H2,1H3/t8-,9+,10+/m1/s1. The van der Waals surface area contributed by atoms with Crippen molar-refractivity contribution in [1.82, 2.24) is 0 Å². The maximum atomic E-state index is 9.33. The van der Waals surface area contributed by atoms with Crippen LogP contribution >= 0.6 is 0 Å². The lowest BCUT2D eigenvalue weighted by Gasteiger charge is -2.21. The van der Waals surface area contributed by atoms with Crippen LogP contribution in [0, 0.1) is 0 Å². The Morgan fingerprint density at radius 1 is 1.07 bits per heavy atom. The summed E-state index contributed by atoms with van der Waals surface area (Å²) in [6.45, 7) is 2.01. The van der Waals surface area contributed by atoms with Gasteiger partial charge >= 0.3 is 0 Å². The summed E-state index contributed by atoms with van der Waals surface area (Å²) >= 11 is 0. The van der Waals surface area contributed by atoms with Gasteiger partial charge in [0.05, 0.1) is 13.2 Å². The first kappa shape index (κ1) is 14.8. The minimum atomic E-state index is -1.36. The number of ether oxygens (including phenoxy) is 1. The van der Waals surface area contributed by atoms with Crippen LogP contribution in [-0.2, 0) is 4.74 Å². The molecule has 0 aromatic heterocycles. The average molecular weight is 222 g/mol. The molecule has 0 aliphatic rings. The van der Waals surface area contributed by atoms with E-state index in [9.17, 15) is 10.2 Å². The van der Waals surface area contributed by atoms with Crippen LogP contribution in [0.15, 0.2) is 0 Å². The van der Waals surface area contributed by atoms with Crippen LogP contribution in [0.2, 0.25) is 0 Å². The van der Waals surface area contributed by atoms with Gasteiger partial charge in [-0.05, 0) is 6.42 Å². The van der Waals surface area contributed by atoms with Crippen molar-refractivity contribution in [1.29, 1.82) is 0 Å². The molecule has 5 heteroatoms. The molecule has 15 heavy (non-hydrogen) atoms. The molecule has 5 nitrogen and oxygen atoms in total. The number of aliphatic hydroxyl groups excluding tert-OH is 4. The lowest BCUT2D eigenvalue weighted by Crippen LogP contribution is -2.41. The zero-order valence-corrected chi connectivity index (χ0v) is 9.17. The van der Waals surface area contributed by atoms with Crippen molar-refractivity contribution in [2.24, 2.45) is 0 Å². The summed E-state index contributed by atoms with van der Waals surface area (Å²) in [4.78, 5) is 0. The van der Waals surface area contributed by atoms with E-state index in [4.69, 9.17) is 14.9 Å². The summed E-state index contributed by atoms with van der Waals surface area (Å²) in [5.74, 6) is 0. The zero-order valence-electron chi connectivity index (χ0n) is 9.17. The van der Waals surface area contributed by atoms with E-state index in [0.717, 1.165) is 19.3 Å². The zero-order chi connectivity index (χ0) is 11.7. The molecule has 0 aliphatic heterocycles. The second-order valence-corrected chi connectivity index (χ2v) is 3.59. The highest BCUT2D eigenvalue weighted by Gasteiger charge is 2.23. The van der Waals surface area contributed by atoms with Crippen LogP contribution < -0.4 is 0 Å². The van der Waals surface area contributed by atoms with Gasteiger partial charge in [-0.2, -0.15) is 0 Å². The number of rotatable bonds is 9. The van der Waals surface area contributed by atoms with E-state index in [2.05, 4.69) is 6.92 Å². The predicted octanol–water partition coefficient (Wildman–Crippen LogP) is -0.732. The van der Waals surface area contributed by atoms with E-state index in [0.29, 0.717) is 6.61 Å². The lowest BCUT2D eigenvalue weighted by atomic mass is 10.1. The molecule has 0 fully saturated rings. The molecular weight excluding hydrogens is 200 g/mol. The van der Waals surface area contributed by atoms with Gasteiger partial charge in [-0.1, -0.05) is 19.8 Å². The molecule has 0 aliphatic carbocycles. The number of hydrogen-bond donors (Lipinski definition) is 4. The monoisotopic (exact) mass is 222 g/mol. The fourth-order valence-electron chi connectivity index (χ4n) is 1.12. The van der Waals surface area contributed by atoms with E-state index < -0.39 is 24.9 Å². The van der Waals surface area contributed by atoms with E-state index in [1.54, 1.807) is 0 Å². The van der Waals surface area contributed by atoms with Gasteiger partial charge in [0.1, 0.15) is 18.3 Å². The highest BCUT2D eigenvalue weighted by molar-refractivity contribution is 4.74. The molecule has 0 bridgehead atoms. The first-order valence-electron chi connectivity index (χ1n) is 5.36. The molecule has 92 valence electrons. The minimum absolute atomic E-state index is 0.0259. The molecule has 0 heterocycles. The summed E-state index contributed by atoms with van der Waals surface area (Å²) in [7, 11) is 0. The molecule has 3 atom stereocenters. The topological polar surface area (TPSA) is 90.2 Å². The molecule has 0 saturated carbocycles. The second-order valence-electron chi connectivity index (χ2n) is 3.59. The molecule has 4 N–H and O–H groups in total. The van der Waals surface area contributed by atoms with Crippen LogP contribution in [0.1, 0.15) is 26.2 Å². The Labute approximate surface area is 90.3 Å². The average Bonchev–Trinajstić information content (AvgIpc) is 2.26. The van der Waals surface area contributed by atoms with Crippen molar-refractivity contribution >= 4 is 0 Å². The van der Waals surface area contributed by atoms with Crippen molar-refractivity contribution in [2.75, 3.05) is 19.8 Å². The third-order valence-electron chi connectivity index (χ3n) is 2.16. The van der Waals surface area contributed by atoms with Crippen LogP contribution in [0.5, 0.6) is 0 Å². The van der Waals surface area contributed by atoms with E-state index in [1.165, 1.54) is 0 Å². The third-order valence-corrected chi connectivity index (χ3v) is 2.16. The Morgan fingerprint density at radius 2 is 1.73 bits per heavy atom. The highest BCUT2D eigenvalue weighted by Crippen LogP contribution is 2.01. The summed E-state index contributed by atoms with van der Waals surface area (Å²) in [5, 5.41) is 36.1. The molecule has 0 radical (unpaired) electrons. The molecule has 0 saturated heterocycles. The second kappa shape index (κ2) is 9.06. The van der Waals surface area contributed by atoms with E-state index in [1.807, 2.05) is 0 Å². The fraction of sp³-hybridized carbons (Fsp3) is 1.00. The van der Waals surface area contributed by atoms with E-state index >= 15 is 0 Å². The Hall–Kier alpha value is -0.200. The van der Waals surface area contributed by atoms with Crippen molar-refractivity contribution in [3.05, 3.63) is 0 Å². The number of unbranched alkanes of at least 4 members (excludes halogenated alkanes) is 2. The summed E-state index contributed by atoms with van der Waals surface area (Å²) in [6, 6.07) is 0. The summed E-state index contributed by atoms with van der Waals surface area (Å²) < 4.78 is 5.11. The molecule has 0 rings (SSSR count). The Bertz CT molecular complexity index is 142. The Balaban J connectivity index is 3.50. The highest BCUT2D eigenvalue weighted by atomic mass is 16.5. The molecular formula is C10H22O5. The molecule has 0 aromatic carbocycles. The van der Waals surface area contributed by atoms with Crippen LogP contribution in [-0.4, -0.2) is 58.6 Å². The molecule has 0 amide bonds. The molecule has 0 unspecified atom stereocenters. The molecule has 0 aromatic rings. The predicted molar refractivity (Wildman–Crippen MR) is 55.5 cm³/mol. The van der Waals surface area contributed by atoms with Crippen LogP contribution in [0.4, 0.5) is 0 Å². The van der Waals surface area contributed by atoms with Crippen LogP contribution in [0.3, 0.4) is 0 Å². The van der Waals surface area contributed by atoms with Gasteiger partial charge in [-0.3, -0.25) is 0 Å². The van der Waals surface area contributed by atoms with Gasteiger partial charge in [0.2, 0.25) is 0 Å². The minimum Gasteiger partial charge on any atom is -0.394 e. The summed E-state index contributed by atoms with van der Waals surface area (Å²) in [6.07, 6.45) is -0.758. The smallest absolute Gasteiger partial charge is 0.110 e. The van der Waals surface area contributed by atoms with Gasteiger partial charge in [-0.15, -0.1) is 0 Å². The van der Waals surface area contributed by atoms with Gasteiger partial charge in [0, 0.05) is 6.61 Å². The van der Waals surface area contributed by atoms with E-state index in [-0.39, 0.29) is 6.61 Å². The Kier molecular flexibility index (Phi) is 8.94. The van der Waals surface area contributed by atoms with Gasteiger partial charge in [-0.25, -0.2) is 0 Å². The Morgan fingerprint density at radius 3 is 2.27 bits per heavy atom. The summed E-state index contributed by atoms with van der Waals surface area (Å²) in [5.41, 5.74) is 0. The van der Waals surface area contributed by atoms with Crippen molar-refractivity contribution in [3.63, 3.8) is 0 Å². The largest absolute Gasteiger partial charge is 0.394 e. The van der Waals surface area contributed by atoms with Gasteiger partial charge < -0.3 is 25.2 Å². The third kappa shape index (κ3) is 6.81. The van der Waals surface area contributed by atoms with Crippen LogP contribution in [0.25, 0.3) is 0 Å². The van der Waals surface area contributed by atoms with Crippen molar-refractivity contribution in [3.8, 4) is 0 Å². The maximum Gasteiger partial charge on any atom is 0.110 e. The van der Waals surface area contributed by atoms with Crippen molar-refractivity contribution < 1.29 is 25.2 Å². The molecule has 0 spiro atoms. The maximum absolute atomic E-state index is 9.33. The van der Waals surface area contributed by atoms with Gasteiger partial charge in [0.25, 0.3) is 0 Å². The number of aliphatic hydroxyl groups is 4. The normalized spacial score (nSPS) is 17.4.